The van der Waals surface area contributed by atoms with E-state index in [2.05, 4.69) is 95.2 Å². The lowest BCUT2D eigenvalue weighted by molar-refractivity contribution is 0.443. The molecule has 0 unspecified atom stereocenters. The number of aryl methyl sites for hydroxylation is 6. The fourth-order valence-corrected chi connectivity index (χ4v) is 10.7. The number of phenols is 6. The van der Waals surface area contributed by atoms with Gasteiger partial charge in [0, 0.05) is 81.8 Å². The van der Waals surface area contributed by atoms with Gasteiger partial charge in [-0.25, -0.2) is 0 Å². The zero-order chi connectivity index (χ0) is 65.7. The summed E-state index contributed by atoms with van der Waals surface area (Å²) in [6.45, 7) is 37.4. The van der Waals surface area contributed by atoms with Crippen molar-refractivity contribution >= 4 is 93.0 Å². The highest BCUT2D eigenvalue weighted by atomic mass is 16.3. The van der Waals surface area contributed by atoms with E-state index in [-0.39, 0.29) is 56.2 Å². The van der Waals surface area contributed by atoms with E-state index < -0.39 is 0 Å². The molecule has 9 rings (SSSR count). The Morgan fingerprint density at radius 3 is 0.678 bits per heavy atom. The van der Waals surface area contributed by atoms with E-state index in [9.17, 15) is 30.6 Å². The summed E-state index contributed by atoms with van der Waals surface area (Å²) in [5.74, 6) is 0.266. The molecule has 0 fully saturated rings. The molecule has 0 aliphatic rings. The van der Waals surface area contributed by atoms with Gasteiger partial charge in [0.05, 0.1) is 34.1 Å². The molecule has 6 N–H and O–H groups in total. The number of hydrogen-bond acceptors (Lipinski definition) is 12. The Morgan fingerprint density at radius 1 is 0.267 bits per heavy atom. The highest BCUT2D eigenvalue weighted by Gasteiger charge is 2.27. The number of fused-ring (bicyclic) bond motifs is 2. The Morgan fingerprint density at radius 2 is 0.478 bits per heavy atom. The first-order chi connectivity index (χ1) is 42.1. The summed E-state index contributed by atoms with van der Waals surface area (Å²) in [4.78, 5) is 29.6. The lowest BCUT2D eigenvalue weighted by atomic mass is 9.79. The first kappa shape index (κ1) is 64.8. The summed E-state index contributed by atoms with van der Waals surface area (Å²) in [7, 11) is 0. The summed E-state index contributed by atoms with van der Waals surface area (Å²) in [6.07, 6.45) is 9.75. The molecule has 0 bridgehead atoms. The van der Waals surface area contributed by atoms with Crippen molar-refractivity contribution in [2.24, 2.45) is 30.0 Å². The number of aliphatic imine (C=N–C) groups is 6. The quantitative estimate of drug-likeness (QED) is 0.0658. The maximum Gasteiger partial charge on any atom is 0.128 e. The van der Waals surface area contributed by atoms with E-state index in [1.165, 1.54) is 0 Å². The van der Waals surface area contributed by atoms with Gasteiger partial charge in [-0.2, -0.15) is 0 Å². The van der Waals surface area contributed by atoms with Crippen LogP contribution in [0, 0.1) is 41.5 Å². The summed E-state index contributed by atoms with van der Waals surface area (Å²) in [5.41, 5.74) is 14.9. The molecule has 0 amide bonds. The summed E-state index contributed by atoms with van der Waals surface area (Å²) in [6, 6.07) is 33.0. The van der Waals surface area contributed by atoms with Crippen molar-refractivity contribution in [1.29, 1.82) is 0 Å². The maximum atomic E-state index is 11.6. The van der Waals surface area contributed by atoms with Crippen LogP contribution in [0.5, 0.6) is 34.5 Å². The highest BCUT2D eigenvalue weighted by molar-refractivity contribution is 6.12. The Hall–Kier alpha value is -9.68. The zero-order valence-electron chi connectivity index (χ0n) is 55.2. The molecular formula is C78H84N6O6. The number of nitrogens with zero attached hydrogens (tertiary/aromatic N) is 6. The predicted molar refractivity (Wildman–Crippen MR) is 377 cm³/mol. The fourth-order valence-electron chi connectivity index (χ4n) is 10.7. The lowest BCUT2D eigenvalue weighted by Gasteiger charge is -2.27. The van der Waals surface area contributed by atoms with Gasteiger partial charge in [-0.15, -0.1) is 0 Å². The van der Waals surface area contributed by atoms with Crippen LogP contribution in [0.2, 0.25) is 0 Å². The molecule has 0 radical (unpaired) electrons. The molecule has 0 aromatic heterocycles. The minimum atomic E-state index is -0.313. The summed E-state index contributed by atoms with van der Waals surface area (Å²) >= 11 is 0. The van der Waals surface area contributed by atoms with Crippen LogP contribution in [-0.4, -0.2) is 67.9 Å². The molecule has 0 saturated carbocycles. The van der Waals surface area contributed by atoms with E-state index in [0.717, 1.165) is 55.6 Å². The van der Waals surface area contributed by atoms with Gasteiger partial charge in [0.15, 0.2) is 0 Å². The van der Waals surface area contributed by atoms with Crippen molar-refractivity contribution < 1.29 is 30.6 Å². The fraction of sp³-hybridized carbons (Fsp3) is 0.282. The largest absolute Gasteiger partial charge is 0.507 e. The molecule has 90 heavy (non-hydrogen) atoms. The average Bonchev–Trinajstić information content (AvgIpc) is 0.906. The third-order valence-corrected chi connectivity index (χ3v) is 16.9. The minimum Gasteiger partial charge on any atom is -0.507 e. The van der Waals surface area contributed by atoms with E-state index in [1.54, 1.807) is 85.8 Å². The van der Waals surface area contributed by atoms with E-state index >= 15 is 0 Å². The predicted octanol–water partition coefficient (Wildman–Crippen LogP) is 19.8. The van der Waals surface area contributed by atoms with Crippen LogP contribution in [0.15, 0.2) is 139 Å². The van der Waals surface area contributed by atoms with Crippen molar-refractivity contribution in [1.82, 2.24) is 0 Å². The Kier molecular flexibility index (Phi) is 17.8. The van der Waals surface area contributed by atoms with Crippen LogP contribution in [0.25, 0.3) is 21.5 Å². The van der Waals surface area contributed by atoms with Gasteiger partial charge in [-0.3, -0.25) is 30.0 Å². The second kappa shape index (κ2) is 24.7. The number of hydrogen-bond donors (Lipinski definition) is 6. The molecule has 9 aromatic rings. The van der Waals surface area contributed by atoms with Crippen molar-refractivity contribution in [2.45, 2.75) is 146 Å². The van der Waals surface area contributed by atoms with Gasteiger partial charge >= 0.3 is 0 Å². The molecule has 12 nitrogen and oxygen atoms in total. The Labute approximate surface area is 529 Å². The van der Waals surface area contributed by atoms with Gasteiger partial charge < -0.3 is 30.6 Å². The van der Waals surface area contributed by atoms with Crippen LogP contribution in [-0.2, 0) is 21.7 Å². The molecule has 0 spiro atoms. The standard InChI is InChI=1S/C78H84N6O6/c1-43-27-63(79-37-49-33-51(75(7,8)9)35-61(73(49)89)77(13,14)15)65(29-45(43)3)81-39-57-53-19-25-71(87)59(55(53)21-23-69(57)85)41-83-67-31-47(5)48(6)32-68(67)84-42-60-56-22-24-70(86)58(54(56)20-26-72(60)88)40-82-66-30-46(4)44(2)28-64(66)80-38-50-34-52(76(10,11)12)36-62(74(50)90)78(16,17)18/h19-42,85-90H,1-18H3. The van der Waals surface area contributed by atoms with Crippen LogP contribution >= 0.6 is 0 Å². The van der Waals surface area contributed by atoms with Crippen LogP contribution < -0.4 is 0 Å². The third-order valence-electron chi connectivity index (χ3n) is 16.9. The first-order valence-corrected chi connectivity index (χ1v) is 30.4. The zero-order valence-corrected chi connectivity index (χ0v) is 55.2. The Balaban J connectivity index is 1.05. The lowest BCUT2D eigenvalue weighted by Crippen LogP contribution is -2.17. The first-order valence-electron chi connectivity index (χ1n) is 30.4. The Bertz CT molecular complexity index is 4250. The number of phenolic OH excluding ortho intramolecular Hbond substituents is 6. The summed E-state index contributed by atoms with van der Waals surface area (Å²) in [5, 5.41) is 71.4. The van der Waals surface area contributed by atoms with E-state index in [0.29, 0.717) is 89.0 Å². The van der Waals surface area contributed by atoms with Crippen molar-refractivity contribution in [3.8, 4) is 34.5 Å². The van der Waals surface area contributed by atoms with Gasteiger partial charge in [0.1, 0.15) is 34.5 Å². The molecule has 0 aliphatic heterocycles. The normalized spacial score (nSPS) is 13.0. The SMILES string of the molecule is Cc1cc(N=Cc2cc(C(C)(C)C)cc(C(C)(C)C)c2O)c(N=Cc2c(O)ccc3c(C=Nc4cc(C)c(C)cc4N=Cc4c(O)ccc5c(C=Nc6cc(C)c(C)cc6N=Cc6cc(C(C)(C)C)cc(C(C)(C)C)c6O)c(O)ccc45)c(O)ccc23)cc1C. The smallest absolute Gasteiger partial charge is 0.128 e. The molecule has 0 heterocycles. The molecular weight excluding hydrogens is 1120 g/mol. The monoisotopic (exact) mass is 1200 g/mol. The number of aromatic hydroxyl groups is 6. The van der Waals surface area contributed by atoms with E-state index in [1.807, 2.05) is 90.1 Å². The van der Waals surface area contributed by atoms with Gasteiger partial charge in [0.2, 0.25) is 0 Å². The van der Waals surface area contributed by atoms with Crippen molar-refractivity contribution in [3.05, 3.63) is 198 Å². The van der Waals surface area contributed by atoms with Gasteiger partial charge in [0.25, 0.3) is 0 Å². The maximum absolute atomic E-state index is 11.6. The average molecular weight is 1200 g/mol. The second-order valence-corrected chi connectivity index (χ2v) is 27.9. The van der Waals surface area contributed by atoms with Gasteiger partial charge in [-0.05, 0) is 226 Å². The molecule has 0 aliphatic carbocycles. The van der Waals surface area contributed by atoms with Crippen LogP contribution in [0.4, 0.5) is 34.1 Å². The van der Waals surface area contributed by atoms with E-state index in [4.69, 9.17) is 30.0 Å². The number of benzene rings is 9. The van der Waals surface area contributed by atoms with Crippen molar-refractivity contribution in [2.75, 3.05) is 0 Å². The van der Waals surface area contributed by atoms with Crippen LogP contribution in [0.3, 0.4) is 0 Å². The number of rotatable bonds is 12. The molecule has 0 atom stereocenters. The van der Waals surface area contributed by atoms with Crippen LogP contribution in [0.1, 0.15) is 172 Å². The molecule has 9 aromatic carbocycles. The second-order valence-electron chi connectivity index (χ2n) is 27.9. The van der Waals surface area contributed by atoms with Crippen molar-refractivity contribution in [3.63, 3.8) is 0 Å². The van der Waals surface area contributed by atoms with Gasteiger partial charge in [-0.1, -0.05) is 95.2 Å². The topological polar surface area (TPSA) is 196 Å². The summed E-state index contributed by atoms with van der Waals surface area (Å²) < 4.78 is 0. The molecule has 12 heteroatoms. The molecule has 462 valence electrons. The third kappa shape index (κ3) is 13.8. The minimum absolute atomic E-state index is 0.0174. The highest BCUT2D eigenvalue weighted by Crippen LogP contribution is 2.43. The molecule has 0 saturated heterocycles.